The number of carbonyl (C=O) groups is 3. The van der Waals surface area contributed by atoms with Crippen LogP contribution in [0.4, 0.5) is 18.9 Å². The van der Waals surface area contributed by atoms with Crippen LogP contribution in [0.2, 0.25) is 0 Å². The van der Waals surface area contributed by atoms with Crippen molar-refractivity contribution in [2.24, 2.45) is 13.0 Å². The average molecular weight is 600 g/mol. The zero-order chi connectivity index (χ0) is 32.0. The summed E-state index contributed by atoms with van der Waals surface area (Å²) in [5.41, 5.74) is 4.83. The largest absolute Gasteiger partial charge is 0.476 e. The normalized spacial score (nSPS) is 14.7. The molecule has 0 spiro atoms. The Hall–Kier alpha value is -3.98. The van der Waals surface area contributed by atoms with Crippen molar-refractivity contribution in [1.82, 2.24) is 20.4 Å². The molecule has 2 aromatic rings. The number of quaternary nitrogens is 2. The number of H-pyrrole nitrogens is 1. The predicted octanol–water partition coefficient (Wildman–Crippen LogP) is 1.51. The maximum atomic E-state index is 13.3. The molecular weight excluding hydrogens is 559 g/mol. The first-order chi connectivity index (χ1) is 19.2. The van der Waals surface area contributed by atoms with Crippen LogP contribution in [0.5, 0.6) is 0 Å². The molecule has 0 saturated carbocycles. The molecule has 4 N–H and O–H groups in total. The highest BCUT2D eigenvalue weighted by Crippen LogP contribution is 2.18. The van der Waals surface area contributed by atoms with Crippen LogP contribution in [0.25, 0.3) is 0 Å². The molecular formula is C27H40F3N7O5+2. The van der Waals surface area contributed by atoms with E-state index < -0.39 is 50.9 Å². The summed E-state index contributed by atoms with van der Waals surface area (Å²) >= 11 is 0. The summed E-state index contributed by atoms with van der Waals surface area (Å²) in [7, 11) is 3.99. The Morgan fingerprint density at radius 2 is 1.50 bits per heavy atom. The molecule has 42 heavy (non-hydrogen) atoms. The van der Waals surface area contributed by atoms with Crippen molar-refractivity contribution in [1.29, 1.82) is 0 Å². The third-order valence-electron chi connectivity index (χ3n) is 6.41. The van der Waals surface area contributed by atoms with Crippen molar-refractivity contribution in [2.45, 2.75) is 46.3 Å². The van der Waals surface area contributed by atoms with Gasteiger partial charge in [-0.3, -0.25) is 23.7 Å². The molecule has 0 unspecified atom stereocenters. The van der Waals surface area contributed by atoms with Crippen LogP contribution in [0.15, 0.2) is 40.1 Å². The smallest absolute Gasteiger partial charge is 0.321 e. The number of hydrogen-bond acceptors (Lipinski definition) is 5. The summed E-state index contributed by atoms with van der Waals surface area (Å²) in [5, 5.41) is 2.74. The van der Waals surface area contributed by atoms with Crippen LogP contribution >= 0.6 is 0 Å². The summed E-state index contributed by atoms with van der Waals surface area (Å²) in [5.74, 6) is -3.44. The van der Waals surface area contributed by atoms with E-state index in [1.807, 2.05) is 31.4 Å². The number of nitrogens with zero attached hydrogens (tertiary/aromatic N) is 3. The van der Waals surface area contributed by atoms with Crippen LogP contribution in [0, 0.1) is 5.92 Å². The monoisotopic (exact) mass is 599 g/mol. The van der Waals surface area contributed by atoms with Gasteiger partial charge in [-0.1, -0.05) is 39.8 Å². The first-order valence-corrected chi connectivity index (χ1v) is 13.3. The number of anilines is 1. The summed E-state index contributed by atoms with van der Waals surface area (Å²) in [6.07, 6.45) is -3.98. The lowest BCUT2D eigenvalue weighted by Gasteiger charge is -2.37. The molecule has 0 aliphatic rings. The fourth-order valence-corrected chi connectivity index (χ4v) is 4.63. The first kappa shape index (κ1) is 34.2. The fourth-order valence-electron chi connectivity index (χ4n) is 4.63. The van der Waals surface area contributed by atoms with Gasteiger partial charge >= 0.3 is 23.7 Å². The Morgan fingerprint density at radius 1 is 0.929 bits per heavy atom. The summed E-state index contributed by atoms with van der Waals surface area (Å²) in [6.45, 7) is 6.25. The molecule has 3 amide bonds. The molecule has 1 aromatic heterocycles. The highest BCUT2D eigenvalue weighted by Gasteiger charge is 2.45. The molecule has 0 aliphatic heterocycles. The number of likely N-dealkylation sites (N-methyl/N-ethyl adjacent to an activating group) is 2. The van der Waals surface area contributed by atoms with E-state index >= 15 is 0 Å². The SMILES string of the molecule is CC(C)C[N@@+](C)(CC(=O)N[N@+](C)(CC(=O)Nc1ccc(C(C)C)cc1)Cc1c[nH]c(=O)n(C)c1=O)NC(=O)C(F)(F)F. The van der Waals surface area contributed by atoms with E-state index in [1.165, 1.54) is 27.3 Å². The van der Waals surface area contributed by atoms with E-state index in [-0.39, 0.29) is 37.0 Å². The van der Waals surface area contributed by atoms with E-state index in [9.17, 15) is 37.1 Å². The van der Waals surface area contributed by atoms with Gasteiger partial charge in [0.1, 0.15) is 13.1 Å². The van der Waals surface area contributed by atoms with E-state index in [0.717, 1.165) is 10.1 Å². The molecule has 15 heteroatoms. The van der Waals surface area contributed by atoms with Crippen molar-refractivity contribution in [3.8, 4) is 0 Å². The third-order valence-corrected chi connectivity index (χ3v) is 6.41. The highest BCUT2D eigenvalue weighted by atomic mass is 19.4. The van der Waals surface area contributed by atoms with E-state index in [4.69, 9.17) is 0 Å². The number of alkyl halides is 3. The minimum Gasteiger partial charge on any atom is -0.321 e. The quantitative estimate of drug-likeness (QED) is 0.216. The van der Waals surface area contributed by atoms with Gasteiger partial charge in [0.2, 0.25) is 0 Å². The second-order valence-corrected chi connectivity index (χ2v) is 11.6. The highest BCUT2D eigenvalue weighted by molar-refractivity contribution is 5.91. The maximum absolute atomic E-state index is 13.3. The molecule has 1 heterocycles. The minimum atomic E-state index is -5.16. The lowest BCUT2D eigenvalue weighted by molar-refractivity contribution is -0.957. The number of aromatic amines is 1. The molecule has 1 aromatic carbocycles. The first-order valence-electron chi connectivity index (χ1n) is 13.3. The summed E-state index contributed by atoms with van der Waals surface area (Å²) < 4.78 is 38.6. The van der Waals surface area contributed by atoms with E-state index in [2.05, 4.69) is 15.7 Å². The van der Waals surface area contributed by atoms with Gasteiger partial charge in [-0.25, -0.2) is 14.0 Å². The molecule has 232 valence electrons. The Morgan fingerprint density at radius 3 is 2.02 bits per heavy atom. The van der Waals surface area contributed by atoms with Crippen LogP contribution in [0.3, 0.4) is 0 Å². The predicted molar refractivity (Wildman–Crippen MR) is 149 cm³/mol. The Bertz CT molecular complexity index is 1400. The van der Waals surface area contributed by atoms with Crippen molar-refractivity contribution in [3.05, 3.63) is 62.4 Å². The molecule has 0 radical (unpaired) electrons. The standard InChI is InChI=1S/C27H38F3N7O5/c1-17(2)13-36(6,34-25(41)27(28,29)30)16-23(39)33-37(7,14-20-12-31-26(42)35(5)24(20)40)15-22(38)32-21-10-8-19(9-11-21)18(3)4/h8-12,17-18H,13-16H2,1-7H3,(H2-2,31,32,33,34,38,39,40,41,42)/p+2/t36-,37-/m0/s1. The summed E-state index contributed by atoms with van der Waals surface area (Å²) in [4.78, 5) is 65.1. The second kappa shape index (κ2) is 13.3. The maximum Gasteiger partial charge on any atom is 0.476 e. The second-order valence-electron chi connectivity index (χ2n) is 11.6. The molecule has 12 nitrogen and oxygen atoms in total. The number of rotatable bonds is 12. The number of amides is 3. The van der Waals surface area contributed by atoms with Crippen LogP contribution in [-0.4, -0.2) is 76.4 Å². The van der Waals surface area contributed by atoms with Gasteiger partial charge in [0.25, 0.3) is 11.5 Å². The minimum absolute atomic E-state index is 0.00766. The van der Waals surface area contributed by atoms with Gasteiger partial charge in [0.15, 0.2) is 13.1 Å². The fraction of sp³-hybridized carbons (Fsp3) is 0.519. The number of aromatic nitrogens is 2. The Kier molecular flexibility index (Phi) is 10.9. The third kappa shape index (κ3) is 9.83. The molecule has 2 rings (SSSR count). The molecule has 2 atom stereocenters. The van der Waals surface area contributed by atoms with Gasteiger partial charge < -0.3 is 10.3 Å². The van der Waals surface area contributed by atoms with Crippen LogP contribution in [0.1, 0.15) is 44.7 Å². The lowest BCUT2D eigenvalue weighted by atomic mass is 10.0. The van der Waals surface area contributed by atoms with Crippen LogP contribution in [-0.2, 0) is 28.0 Å². The number of halogens is 3. The molecule has 0 saturated heterocycles. The summed E-state index contributed by atoms with van der Waals surface area (Å²) in [6, 6.07) is 7.18. The Labute approximate surface area is 241 Å². The topological polar surface area (TPSA) is 142 Å². The average Bonchev–Trinajstić information content (AvgIpc) is 2.83. The van der Waals surface area contributed by atoms with Crippen molar-refractivity contribution in [2.75, 3.05) is 39.0 Å². The van der Waals surface area contributed by atoms with E-state index in [0.29, 0.717) is 5.69 Å². The number of nitrogens with one attached hydrogen (secondary N) is 4. The van der Waals surface area contributed by atoms with Gasteiger partial charge in [-0.2, -0.15) is 24.0 Å². The zero-order valence-electron chi connectivity index (χ0n) is 24.9. The van der Waals surface area contributed by atoms with Crippen molar-refractivity contribution >= 4 is 23.4 Å². The van der Waals surface area contributed by atoms with Crippen molar-refractivity contribution < 1.29 is 36.7 Å². The molecule has 0 fully saturated rings. The number of hydrogen-bond donors (Lipinski definition) is 4. The van der Waals surface area contributed by atoms with Crippen molar-refractivity contribution in [3.63, 3.8) is 0 Å². The van der Waals surface area contributed by atoms with Gasteiger partial charge in [-0.05, 0) is 23.6 Å². The number of carbonyl (C=O) groups excluding carboxylic acids is 3. The lowest BCUT2D eigenvalue weighted by Crippen LogP contribution is -2.67. The molecule has 0 aliphatic carbocycles. The van der Waals surface area contributed by atoms with Gasteiger partial charge in [-0.15, -0.1) is 0 Å². The Balaban J connectivity index is 2.36. The van der Waals surface area contributed by atoms with Gasteiger partial charge in [0, 0.05) is 24.8 Å². The van der Waals surface area contributed by atoms with Gasteiger partial charge in [0.05, 0.1) is 19.7 Å². The number of benzene rings is 1. The van der Waals surface area contributed by atoms with E-state index in [1.54, 1.807) is 26.0 Å². The molecule has 0 bridgehead atoms. The van der Waals surface area contributed by atoms with Crippen LogP contribution < -0.4 is 27.4 Å². The zero-order valence-corrected chi connectivity index (χ0v) is 24.9.